The second kappa shape index (κ2) is 12.4. The normalized spacial score (nSPS) is 11.3. The van der Waals surface area contributed by atoms with Crippen LogP contribution < -0.4 is 9.47 Å². The molecule has 2 rings (SSSR count). The van der Waals surface area contributed by atoms with Crippen LogP contribution in [0.5, 0.6) is 11.5 Å². The van der Waals surface area contributed by atoms with Gasteiger partial charge in [-0.15, -0.1) is 0 Å². The van der Waals surface area contributed by atoms with Crippen molar-refractivity contribution in [2.45, 2.75) is 51.7 Å². The molecule has 0 fully saturated rings. The number of rotatable bonds is 12. The van der Waals surface area contributed by atoms with Crippen molar-refractivity contribution in [1.29, 1.82) is 0 Å². The molecule has 0 amide bonds. The van der Waals surface area contributed by atoms with Crippen LogP contribution in [0.2, 0.25) is 0 Å². The van der Waals surface area contributed by atoms with Crippen LogP contribution in [0.25, 0.3) is 0 Å². The first-order valence-corrected chi connectivity index (χ1v) is 10.00. The summed E-state index contributed by atoms with van der Waals surface area (Å²) in [5.74, 6) is -0.349. The molecule has 0 aliphatic carbocycles. The molecule has 0 bridgehead atoms. The summed E-state index contributed by atoms with van der Waals surface area (Å²) in [5, 5.41) is 0. The van der Waals surface area contributed by atoms with E-state index in [4.69, 9.17) is 14.2 Å². The van der Waals surface area contributed by atoms with Crippen LogP contribution in [0.3, 0.4) is 0 Å². The van der Waals surface area contributed by atoms with Gasteiger partial charge in [-0.2, -0.15) is 0 Å². The second-order valence-corrected chi connectivity index (χ2v) is 6.59. The predicted octanol–water partition coefficient (Wildman–Crippen LogP) is 5.70. The van der Waals surface area contributed by atoms with Crippen molar-refractivity contribution in [3.8, 4) is 11.5 Å². The third-order valence-corrected chi connectivity index (χ3v) is 4.28. The smallest absolute Gasteiger partial charge is 0.347 e. The highest BCUT2D eigenvalue weighted by molar-refractivity contribution is 5.94. The fourth-order valence-electron chi connectivity index (χ4n) is 2.76. The summed E-state index contributed by atoms with van der Waals surface area (Å²) < 4.78 is 16.6. The number of ether oxygens (including phenoxy) is 3. The highest BCUT2D eigenvalue weighted by Crippen LogP contribution is 2.24. The lowest BCUT2D eigenvalue weighted by Crippen LogP contribution is -2.24. The van der Waals surface area contributed by atoms with Gasteiger partial charge in [0.15, 0.2) is 0 Å². The molecule has 154 valence electrons. The van der Waals surface area contributed by atoms with Crippen LogP contribution in [-0.2, 0) is 9.53 Å². The van der Waals surface area contributed by atoms with Crippen LogP contribution in [0.1, 0.15) is 55.8 Å². The molecule has 0 N–H and O–H groups in total. The van der Waals surface area contributed by atoms with Gasteiger partial charge in [-0.25, -0.2) is 9.59 Å². The number of esters is 2. The maximum absolute atomic E-state index is 12.6. The molecular formula is C24H28O5. The zero-order valence-electron chi connectivity index (χ0n) is 16.8. The maximum atomic E-state index is 12.6. The quantitative estimate of drug-likeness (QED) is 0.151. The van der Waals surface area contributed by atoms with Crippen molar-refractivity contribution in [3.63, 3.8) is 0 Å². The van der Waals surface area contributed by atoms with Gasteiger partial charge in [0.2, 0.25) is 6.29 Å². The highest BCUT2D eigenvalue weighted by Gasteiger charge is 2.20. The Morgan fingerprint density at radius 2 is 1.66 bits per heavy atom. The molecule has 5 nitrogen and oxygen atoms in total. The number of carbonyl (C=O) groups is 2. The van der Waals surface area contributed by atoms with Crippen LogP contribution >= 0.6 is 0 Å². The third-order valence-electron chi connectivity index (χ3n) is 4.28. The van der Waals surface area contributed by atoms with Crippen LogP contribution in [0, 0.1) is 0 Å². The van der Waals surface area contributed by atoms with E-state index in [2.05, 4.69) is 13.5 Å². The molecule has 0 heterocycles. The predicted molar refractivity (Wildman–Crippen MR) is 112 cm³/mol. The second-order valence-electron chi connectivity index (χ2n) is 6.59. The lowest BCUT2D eigenvalue weighted by Gasteiger charge is -2.20. The molecule has 0 aliphatic rings. The van der Waals surface area contributed by atoms with Gasteiger partial charge in [-0.3, -0.25) is 0 Å². The summed E-state index contributed by atoms with van der Waals surface area (Å²) in [6.45, 7) is 5.59. The first-order chi connectivity index (χ1) is 14.1. The van der Waals surface area contributed by atoms with Crippen molar-refractivity contribution in [1.82, 2.24) is 0 Å². The van der Waals surface area contributed by atoms with Gasteiger partial charge < -0.3 is 14.2 Å². The van der Waals surface area contributed by atoms with E-state index >= 15 is 0 Å². The summed E-state index contributed by atoms with van der Waals surface area (Å²) in [6, 6.07) is 15.6. The molecule has 2 aromatic carbocycles. The Kier molecular flexibility index (Phi) is 9.49. The Morgan fingerprint density at radius 1 is 0.966 bits per heavy atom. The van der Waals surface area contributed by atoms with Crippen LogP contribution in [-0.4, -0.2) is 18.2 Å². The number of hydrogen-bond acceptors (Lipinski definition) is 5. The minimum atomic E-state index is -0.798. The lowest BCUT2D eigenvalue weighted by molar-refractivity contribution is -0.158. The highest BCUT2D eigenvalue weighted by atomic mass is 16.7. The molecule has 29 heavy (non-hydrogen) atoms. The van der Waals surface area contributed by atoms with E-state index in [0.29, 0.717) is 17.9 Å². The van der Waals surface area contributed by atoms with E-state index in [-0.39, 0.29) is 5.56 Å². The van der Waals surface area contributed by atoms with Crippen molar-refractivity contribution in [2.75, 3.05) is 0 Å². The van der Waals surface area contributed by atoms with Crippen molar-refractivity contribution < 1.29 is 23.8 Å². The molecule has 0 aliphatic heterocycles. The Balaban J connectivity index is 2.07. The van der Waals surface area contributed by atoms with Gasteiger partial charge in [0.1, 0.15) is 17.1 Å². The molecule has 0 saturated carbocycles. The Morgan fingerprint density at radius 3 is 2.38 bits per heavy atom. The monoisotopic (exact) mass is 396 g/mol. The molecule has 0 saturated heterocycles. The molecule has 0 spiro atoms. The van der Waals surface area contributed by atoms with E-state index in [0.717, 1.165) is 31.8 Å². The van der Waals surface area contributed by atoms with Crippen LogP contribution in [0.4, 0.5) is 0 Å². The average molecular weight is 396 g/mol. The minimum Gasteiger partial charge on any atom is -0.454 e. The third kappa shape index (κ3) is 7.82. The van der Waals surface area contributed by atoms with Gasteiger partial charge in [0.05, 0.1) is 0 Å². The van der Waals surface area contributed by atoms with Gasteiger partial charge >= 0.3 is 11.9 Å². The number of hydrogen-bond donors (Lipinski definition) is 0. The van der Waals surface area contributed by atoms with E-state index in [1.807, 2.05) is 6.07 Å². The molecule has 5 heteroatoms. The van der Waals surface area contributed by atoms with Crippen molar-refractivity contribution >= 4 is 11.9 Å². The molecular weight excluding hydrogens is 368 g/mol. The largest absolute Gasteiger partial charge is 0.454 e. The number of benzene rings is 2. The summed E-state index contributed by atoms with van der Waals surface area (Å²) in [6.07, 6.45) is 6.16. The van der Waals surface area contributed by atoms with Gasteiger partial charge in [0.25, 0.3) is 0 Å². The van der Waals surface area contributed by atoms with Gasteiger partial charge in [-0.1, -0.05) is 69.5 Å². The van der Waals surface area contributed by atoms with Crippen molar-refractivity contribution in [3.05, 3.63) is 72.8 Å². The zero-order valence-corrected chi connectivity index (χ0v) is 16.8. The molecule has 2 aromatic rings. The van der Waals surface area contributed by atoms with Crippen LogP contribution in [0.15, 0.2) is 67.3 Å². The maximum Gasteiger partial charge on any atom is 0.347 e. The summed E-state index contributed by atoms with van der Waals surface area (Å²) in [7, 11) is 0. The topological polar surface area (TPSA) is 61.8 Å². The summed E-state index contributed by atoms with van der Waals surface area (Å²) in [5.41, 5.74) is 0.266. The van der Waals surface area contributed by atoms with Gasteiger partial charge in [-0.05, 0) is 30.7 Å². The average Bonchev–Trinajstić information content (AvgIpc) is 2.74. The van der Waals surface area contributed by atoms with Gasteiger partial charge in [0, 0.05) is 12.5 Å². The summed E-state index contributed by atoms with van der Waals surface area (Å²) >= 11 is 0. The van der Waals surface area contributed by atoms with E-state index in [1.165, 1.54) is 6.42 Å². The van der Waals surface area contributed by atoms with Crippen molar-refractivity contribution in [2.24, 2.45) is 0 Å². The number of para-hydroxylation sites is 2. The van der Waals surface area contributed by atoms with E-state index in [1.54, 1.807) is 48.5 Å². The first kappa shape index (κ1) is 22.2. The molecule has 0 radical (unpaired) electrons. The Labute approximate surface area is 172 Å². The fourth-order valence-corrected chi connectivity index (χ4v) is 2.76. The molecule has 1 atom stereocenters. The number of carbonyl (C=O) groups excluding carboxylic acids is 2. The standard InChI is InChI=1S/C24H28O5/c1-3-5-6-7-11-18-23(29-22(25)4-2)28-21-17-13-12-16-20(21)24(26)27-19-14-9-8-10-15-19/h4,8-10,12-17,23H,2-3,5-7,11,18H2,1H3. The fraction of sp³-hybridized carbons (Fsp3) is 0.333. The Bertz CT molecular complexity index is 785. The Hall–Kier alpha value is -3.08. The molecule has 0 aromatic heterocycles. The van der Waals surface area contributed by atoms with E-state index in [9.17, 15) is 9.59 Å². The minimum absolute atomic E-state index is 0.266. The molecule has 1 unspecified atom stereocenters. The zero-order chi connectivity index (χ0) is 20.9. The van der Waals surface area contributed by atoms with E-state index < -0.39 is 18.2 Å². The SMILES string of the molecule is C=CC(=O)OC(CCCCCCC)Oc1ccccc1C(=O)Oc1ccccc1. The lowest BCUT2D eigenvalue weighted by atomic mass is 10.1. The number of unbranched alkanes of at least 4 members (excludes halogenated alkanes) is 4. The first-order valence-electron chi connectivity index (χ1n) is 10.00. The summed E-state index contributed by atoms with van der Waals surface area (Å²) in [4.78, 5) is 24.3.